The molecule has 1 heterocycles. The van der Waals surface area contributed by atoms with Gasteiger partial charge in [-0.15, -0.1) is 0 Å². The van der Waals surface area contributed by atoms with Crippen LogP contribution in [0, 0.1) is 17.3 Å². The van der Waals surface area contributed by atoms with E-state index in [1.165, 1.54) is 6.07 Å². The second kappa shape index (κ2) is 6.58. The van der Waals surface area contributed by atoms with Crippen LogP contribution >= 0.6 is 15.9 Å². The van der Waals surface area contributed by atoms with Gasteiger partial charge in [0, 0.05) is 10.2 Å². The van der Waals surface area contributed by atoms with E-state index in [0.717, 1.165) is 0 Å². The van der Waals surface area contributed by atoms with Crippen LogP contribution in [0.15, 0.2) is 33.8 Å². The molecule has 1 amide bonds. The van der Waals surface area contributed by atoms with Crippen molar-refractivity contribution in [2.24, 2.45) is 22.4 Å². The summed E-state index contributed by atoms with van der Waals surface area (Å²) in [6.45, 7) is 5.93. The standard InChI is InChI=1S/C19H22BrF3N2O2/c1-17(2,3)11-8-9-15-13(10-11)18(27,19(21,22)23)25(24-15)16(26)12-6-4-5-7-14(12)20/h4-7,11,13,27H,8-10H2,1-3H3/t11-,13-,18+/m1/s1. The van der Waals surface area contributed by atoms with Crippen molar-refractivity contribution in [3.8, 4) is 0 Å². The Morgan fingerprint density at radius 2 is 1.93 bits per heavy atom. The first-order valence-electron chi connectivity index (χ1n) is 8.83. The number of hydrazone groups is 1. The van der Waals surface area contributed by atoms with Crippen molar-refractivity contribution >= 4 is 27.5 Å². The maximum Gasteiger partial charge on any atom is 0.439 e. The van der Waals surface area contributed by atoms with Gasteiger partial charge in [-0.2, -0.15) is 23.3 Å². The third-order valence-corrected chi connectivity index (χ3v) is 6.34. The van der Waals surface area contributed by atoms with E-state index in [-0.39, 0.29) is 34.0 Å². The van der Waals surface area contributed by atoms with Crippen LogP contribution < -0.4 is 0 Å². The van der Waals surface area contributed by atoms with Crippen molar-refractivity contribution in [2.45, 2.75) is 51.9 Å². The van der Waals surface area contributed by atoms with Gasteiger partial charge in [-0.1, -0.05) is 32.9 Å². The minimum absolute atomic E-state index is 0.00571. The van der Waals surface area contributed by atoms with E-state index in [4.69, 9.17) is 0 Å². The first-order valence-corrected chi connectivity index (χ1v) is 9.62. The lowest BCUT2D eigenvalue weighted by atomic mass is 9.66. The van der Waals surface area contributed by atoms with Crippen LogP contribution in [0.2, 0.25) is 0 Å². The molecule has 1 aromatic carbocycles. The van der Waals surface area contributed by atoms with Crippen molar-refractivity contribution in [3.05, 3.63) is 34.3 Å². The van der Waals surface area contributed by atoms with Crippen molar-refractivity contribution in [3.63, 3.8) is 0 Å². The molecule has 0 saturated heterocycles. The van der Waals surface area contributed by atoms with Crippen molar-refractivity contribution < 1.29 is 23.1 Å². The topological polar surface area (TPSA) is 52.9 Å². The van der Waals surface area contributed by atoms with E-state index < -0.39 is 23.7 Å². The lowest BCUT2D eigenvalue weighted by Crippen LogP contribution is -2.62. The van der Waals surface area contributed by atoms with Gasteiger partial charge in [0.1, 0.15) is 0 Å². The molecule has 3 rings (SSSR count). The lowest BCUT2D eigenvalue weighted by Gasteiger charge is -2.42. The third-order valence-electron chi connectivity index (χ3n) is 5.65. The maximum atomic E-state index is 14.0. The van der Waals surface area contributed by atoms with Crippen molar-refractivity contribution in [1.82, 2.24) is 5.01 Å². The maximum absolute atomic E-state index is 14.0. The van der Waals surface area contributed by atoms with Crippen molar-refractivity contribution in [1.29, 1.82) is 0 Å². The fourth-order valence-corrected chi connectivity index (χ4v) is 4.41. The molecule has 2 aliphatic rings. The fraction of sp³-hybridized carbons (Fsp3) is 0.579. The highest BCUT2D eigenvalue weighted by molar-refractivity contribution is 9.10. The molecule has 1 fully saturated rings. The van der Waals surface area contributed by atoms with Gasteiger partial charge >= 0.3 is 6.18 Å². The summed E-state index contributed by atoms with van der Waals surface area (Å²) >= 11 is 3.19. The molecule has 3 atom stereocenters. The van der Waals surface area contributed by atoms with E-state index in [9.17, 15) is 23.1 Å². The number of aliphatic hydroxyl groups is 1. The van der Waals surface area contributed by atoms with Crippen LogP contribution in [-0.2, 0) is 0 Å². The zero-order valence-electron chi connectivity index (χ0n) is 15.3. The zero-order valence-corrected chi connectivity index (χ0v) is 16.9. The third kappa shape index (κ3) is 3.31. The highest BCUT2D eigenvalue weighted by Gasteiger charge is 2.69. The van der Waals surface area contributed by atoms with Gasteiger partial charge in [-0.25, -0.2) is 0 Å². The molecule has 1 aliphatic carbocycles. The van der Waals surface area contributed by atoms with E-state index in [2.05, 4.69) is 21.0 Å². The molecular weight excluding hydrogens is 425 g/mol. The van der Waals surface area contributed by atoms with Gasteiger partial charge in [-0.3, -0.25) is 4.79 Å². The molecular formula is C19H22BrF3N2O2. The fourth-order valence-electron chi connectivity index (χ4n) is 3.96. The Labute approximate surface area is 164 Å². The summed E-state index contributed by atoms with van der Waals surface area (Å²) < 4.78 is 42.5. The lowest BCUT2D eigenvalue weighted by molar-refractivity contribution is -0.314. The summed E-state index contributed by atoms with van der Waals surface area (Å²) in [5, 5.41) is 15.1. The van der Waals surface area contributed by atoms with Gasteiger partial charge in [0.05, 0.1) is 11.5 Å². The number of hydrogen-bond donors (Lipinski definition) is 1. The number of fused-ring (bicyclic) bond motifs is 1. The Morgan fingerprint density at radius 1 is 1.30 bits per heavy atom. The molecule has 0 radical (unpaired) electrons. The Kier molecular flexibility index (Phi) is 4.96. The molecule has 4 nitrogen and oxygen atoms in total. The number of carbonyl (C=O) groups is 1. The number of rotatable bonds is 1. The molecule has 1 aromatic rings. The summed E-state index contributed by atoms with van der Waals surface area (Å²) in [7, 11) is 0. The van der Waals surface area contributed by atoms with Gasteiger partial charge in [0.2, 0.25) is 0 Å². The number of benzene rings is 1. The van der Waals surface area contributed by atoms with E-state index in [1.807, 2.05) is 20.8 Å². The number of halogens is 4. The highest BCUT2D eigenvalue weighted by Crippen LogP contribution is 2.52. The number of nitrogens with zero attached hydrogens (tertiary/aromatic N) is 2. The van der Waals surface area contributed by atoms with Crippen molar-refractivity contribution in [2.75, 3.05) is 0 Å². The van der Waals surface area contributed by atoms with Crippen LogP contribution in [-0.4, -0.2) is 33.6 Å². The van der Waals surface area contributed by atoms with Gasteiger partial charge < -0.3 is 5.11 Å². The van der Waals surface area contributed by atoms with Gasteiger partial charge in [-0.05, 0) is 58.7 Å². The van der Waals surface area contributed by atoms with Crippen LogP contribution in [0.4, 0.5) is 13.2 Å². The van der Waals surface area contributed by atoms with Crippen LogP contribution in [0.5, 0.6) is 0 Å². The normalized spacial score (nSPS) is 28.7. The number of hydrogen-bond acceptors (Lipinski definition) is 3. The summed E-state index contributed by atoms with van der Waals surface area (Å²) in [5.41, 5.74) is -3.26. The smallest absolute Gasteiger partial charge is 0.362 e. The Hall–Kier alpha value is -1.41. The van der Waals surface area contributed by atoms with Gasteiger partial charge in [0.25, 0.3) is 11.6 Å². The largest absolute Gasteiger partial charge is 0.439 e. The first kappa shape index (κ1) is 20.3. The molecule has 1 saturated carbocycles. The molecule has 1 N–H and O–H groups in total. The molecule has 148 valence electrons. The monoisotopic (exact) mass is 446 g/mol. The quantitative estimate of drug-likeness (QED) is 0.661. The highest BCUT2D eigenvalue weighted by atomic mass is 79.9. The minimum atomic E-state index is -5.03. The molecule has 0 unspecified atom stereocenters. The average Bonchev–Trinajstić information content (AvgIpc) is 2.87. The summed E-state index contributed by atoms with van der Waals surface area (Å²) in [6.07, 6.45) is -3.87. The second-order valence-corrected chi connectivity index (χ2v) is 9.16. The number of carbonyl (C=O) groups excluding carboxylic acids is 1. The van der Waals surface area contributed by atoms with Crippen LogP contribution in [0.1, 0.15) is 50.4 Å². The molecule has 0 bridgehead atoms. The molecule has 1 aliphatic heterocycles. The predicted octanol–water partition coefficient (Wildman–Crippen LogP) is 4.97. The molecule has 0 spiro atoms. The zero-order chi connectivity index (χ0) is 20.2. The van der Waals surface area contributed by atoms with Crippen LogP contribution in [0.3, 0.4) is 0 Å². The summed E-state index contributed by atoms with van der Waals surface area (Å²) in [4.78, 5) is 12.9. The molecule has 8 heteroatoms. The minimum Gasteiger partial charge on any atom is -0.362 e. The average molecular weight is 447 g/mol. The molecule has 27 heavy (non-hydrogen) atoms. The second-order valence-electron chi connectivity index (χ2n) is 8.30. The number of alkyl halides is 3. The first-order chi connectivity index (χ1) is 12.4. The van der Waals surface area contributed by atoms with E-state index in [0.29, 0.717) is 17.3 Å². The number of amides is 1. The van der Waals surface area contributed by atoms with Crippen LogP contribution in [0.25, 0.3) is 0 Å². The van der Waals surface area contributed by atoms with E-state index >= 15 is 0 Å². The Morgan fingerprint density at radius 3 is 2.48 bits per heavy atom. The predicted molar refractivity (Wildman–Crippen MR) is 99.0 cm³/mol. The van der Waals surface area contributed by atoms with Gasteiger partial charge in [0.15, 0.2) is 0 Å². The van der Waals surface area contributed by atoms with E-state index in [1.54, 1.807) is 18.2 Å². The Balaban J connectivity index is 2.04. The summed E-state index contributed by atoms with van der Waals surface area (Å²) in [5.74, 6) is -2.23. The molecule has 0 aromatic heterocycles. The Bertz CT molecular complexity index is 788. The summed E-state index contributed by atoms with van der Waals surface area (Å²) in [6, 6.07) is 6.17. The SMILES string of the molecule is CC(C)(C)[C@@H]1CCC2=NN(C(=O)c3ccccc3Br)[C@@](O)(C(F)(F)F)[C@@H]2C1.